The van der Waals surface area contributed by atoms with Crippen molar-refractivity contribution in [3.63, 3.8) is 0 Å². The largest absolute Gasteiger partial charge is 0.381 e. The quantitative estimate of drug-likeness (QED) is 0.774. The third kappa shape index (κ3) is 3.18. The summed E-state index contributed by atoms with van der Waals surface area (Å²) in [5.41, 5.74) is 0. The SMILES string of the molecule is CC(C)CNC1CCC2COCCC2C1. The molecular formula is C13H25NO. The van der Waals surface area contributed by atoms with Crippen LogP contribution in [0.5, 0.6) is 0 Å². The van der Waals surface area contributed by atoms with Gasteiger partial charge in [-0.3, -0.25) is 0 Å². The zero-order valence-corrected chi connectivity index (χ0v) is 10.2. The summed E-state index contributed by atoms with van der Waals surface area (Å²) in [6.07, 6.45) is 5.42. The summed E-state index contributed by atoms with van der Waals surface area (Å²) in [6, 6.07) is 0.784. The fourth-order valence-corrected chi connectivity index (χ4v) is 2.96. The number of hydrogen-bond acceptors (Lipinski definition) is 2. The predicted octanol–water partition coefficient (Wildman–Crippen LogP) is 2.44. The second-order valence-corrected chi connectivity index (χ2v) is 5.70. The van der Waals surface area contributed by atoms with E-state index in [1.807, 2.05) is 0 Å². The van der Waals surface area contributed by atoms with Gasteiger partial charge in [0.2, 0.25) is 0 Å². The Hall–Kier alpha value is -0.0800. The fraction of sp³-hybridized carbons (Fsp3) is 1.00. The zero-order chi connectivity index (χ0) is 10.7. The zero-order valence-electron chi connectivity index (χ0n) is 10.2. The molecule has 3 atom stereocenters. The molecule has 2 heteroatoms. The highest BCUT2D eigenvalue weighted by atomic mass is 16.5. The van der Waals surface area contributed by atoms with Gasteiger partial charge in [-0.1, -0.05) is 13.8 Å². The standard InChI is InChI=1S/C13H25NO/c1-10(2)8-14-13-4-3-12-9-15-6-5-11(12)7-13/h10-14H,3-9H2,1-2H3. The van der Waals surface area contributed by atoms with Gasteiger partial charge in [-0.25, -0.2) is 0 Å². The molecule has 2 nitrogen and oxygen atoms in total. The molecule has 1 saturated carbocycles. The van der Waals surface area contributed by atoms with Crippen LogP contribution in [-0.4, -0.2) is 25.8 Å². The Morgan fingerprint density at radius 1 is 1.20 bits per heavy atom. The maximum Gasteiger partial charge on any atom is 0.0496 e. The monoisotopic (exact) mass is 211 g/mol. The molecule has 1 aliphatic heterocycles. The van der Waals surface area contributed by atoms with E-state index in [1.54, 1.807) is 0 Å². The van der Waals surface area contributed by atoms with E-state index in [4.69, 9.17) is 4.74 Å². The van der Waals surface area contributed by atoms with Crippen LogP contribution in [0, 0.1) is 17.8 Å². The molecule has 0 bridgehead atoms. The van der Waals surface area contributed by atoms with Crippen molar-refractivity contribution < 1.29 is 4.74 Å². The van der Waals surface area contributed by atoms with Gasteiger partial charge in [0.05, 0.1) is 0 Å². The van der Waals surface area contributed by atoms with Gasteiger partial charge in [-0.2, -0.15) is 0 Å². The molecule has 1 heterocycles. The van der Waals surface area contributed by atoms with E-state index in [1.165, 1.54) is 32.2 Å². The molecule has 15 heavy (non-hydrogen) atoms. The van der Waals surface area contributed by atoms with Crippen molar-refractivity contribution in [1.82, 2.24) is 5.32 Å². The molecule has 0 aromatic carbocycles. The van der Waals surface area contributed by atoms with E-state index in [2.05, 4.69) is 19.2 Å². The van der Waals surface area contributed by atoms with Gasteiger partial charge in [0.25, 0.3) is 0 Å². The van der Waals surface area contributed by atoms with Crippen molar-refractivity contribution in [3.05, 3.63) is 0 Å². The second-order valence-electron chi connectivity index (χ2n) is 5.70. The van der Waals surface area contributed by atoms with Crippen LogP contribution in [0.3, 0.4) is 0 Å². The summed E-state index contributed by atoms with van der Waals surface area (Å²) >= 11 is 0. The number of rotatable bonds is 3. The molecule has 0 aromatic heterocycles. The molecule has 0 spiro atoms. The Morgan fingerprint density at radius 2 is 2.07 bits per heavy atom. The molecule has 3 unspecified atom stereocenters. The Balaban J connectivity index is 1.75. The maximum absolute atomic E-state index is 5.55. The summed E-state index contributed by atoms with van der Waals surface area (Å²) in [6.45, 7) is 7.78. The number of hydrogen-bond donors (Lipinski definition) is 1. The molecule has 0 amide bonds. The van der Waals surface area contributed by atoms with Gasteiger partial charge in [-0.15, -0.1) is 0 Å². The van der Waals surface area contributed by atoms with Crippen molar-refractivity contribution in [2.75, 3.05) is 19.8 Å². The number of nitrogens with one attached hydrogen (secondary N) is 1. The van der Waals surface area contributed by atoms with E-state index in [0.29, 0.717) is 0 Å². The Labute approximate surface area is 93.8 Å². The molecule has 1 aliphatic carbocycles. The van der Waals surface area contributed by atoms with Crippen molar-refractivity contribution in [1.29, 1.82) is 0 Å². The van der Waals surface area contributed by atoms with Crippen LogP contribution in [0.15, 0.2) is 0 Å². The van der Waals surface area contributed by atoms with Crippen LogP contribution in [0.4, 0.5) is 0 Å². The van der Waals surface area contributed by atoms with Gasteiger partial charge < -0.3 is 10.1 Å². The van der Waals surface area contributed by atoms with Gasteiger partial charge in [0.1, 0.15) is 0 Å². The van der Waals surface area contributed by atoms with Gasteiger partial charge in [-0.05, 0) is 50.0 Å². The molecule has 2 aliphatic rings. The highest BCUT2D eigenvalue weighted by Crippen LogP contribution is 2.35. The van der Waals surface area contributed by atoms with Crippen LogP contribution in [0.25, 0.3) is 0 Å². The van der Waals surface area contributed by atoms with E-state index >= 15 is 0 Å². The minimum atomic E-state index is 0.775. The summed E-state index contributed by atoms with van der Waals surface area (Å²) in [5, 5.41) is 3.71. The summed E-state index contributed by atoms with van der Waals surface area (Å²) < 4.78 is 5.55. The van der Waals surface area contributed by atoms with Gasteiger partial charge in [0.15, 0.2) is 0 Å². The molecule has 1 saturated heterocycles. The lowest BCUT2D eigenvalue weighted by molar-refractivity contribution is -0.00802. The van der Waals surface area contributed by atoms with Crippen LogP contribution >= 0.6 is 0 Å². The summed E-state index contributed by atoms with van der Waals surface area (Å²) in [4.78, 5) is 0. The van der Waals surface area contributed by atoms with Crippen molar-refractivity contribution in [2.45, 2.75) is 45.6 Å². The molecular weight excluding hydrogens is 186 g/mol. The van der Waals surface area contributed by atoms with E-state index < -0.39 is 0 Å². The average Bonchev–Trinajstić information content (AvgIpc) is 2.26. The number of ether oxygens (including phenoxy) is 1. The normalized spacial score (nSPS) is 36.6. The van der Waals surface area contributed by atoms with Crippen LogP contribution in [-0.2, 0) is 4.74 Å². The molecule has 2 rings (SSSR count). The highest BCUT2D eigenvalue weighted by molar-refractivity contribution is 4.85. The van der Waals surface area contributed by atoms with E-state index in [0.717, 1.165) is 37.0 Å². The summed E-state index contributed by atoms with van der Waals surface area (Å²) in [7, 11) is 0. The molecule has 0 radical (unpaired) electrons. The van der Waals surface area contributed by atoms with Crippen LogP contribution in [0.1, 0.15) is 39.5 Å². The van der Waals surface area contributed by atoms with Gasteiger partial charge >= 0.3 is 0 Å². The van der Waals surface area contributed by atoms with Gasteiger partial charge in [0, 0.05) is 19.3 Å². The van der Waals surface area contributed by atoms with Crippen LogP contribution < -0.4 is 5.32 Å². The smallest absolute Gasteiger partial charge is 0.0496 e. The summed E-state index contributed by atoms with van der Waals surface area (Å²) in [5.74, 6) is 2.59. The lowest BCUT2D eigenvalue weighted by Gasteiger charge is -2.39. The first-order chi connectivity index (χ1) is 7.25. The Morgan fingerprint density at radius 3 is 2.87 bits per heavy atom. The predicted molar refractivity (Wildman–Crippen MR) is 62.9 cm³/mol. The third-order valence-corrected chi connectivity index (χ3v) is 3.92. The topological polar surface area (TPSA) is 21.3 Å². The minimum Gasteiger partial charge on any atom is -0.381 e. The van der Waals surface area contributed by atoms with E-state index in [-0.39, 0.29) is 0 Å². The minimum absolute atomic E-state index is 0.775. The lowest BCUT2D eigenvalue weighted by Crippen LogP contribution is -2.42. The first kappa shape index (κ1) is 11.4. The van der Waals surface area contributed by atoms with Crippen molar-refractivity contribution in [2.24, 2.45) is 17.8 Å². The molecule has 88 valence electrons. The second kappa shape index (κ2) is 5.31. The molecule has 2 fully saturated rings. The third-order valence-electron chi connectivity index (χ3n) is 3.92. The van der Waals surface area contributed by atoms with E-state index in [9.17, 15) is 0 Å². The highest BCUT2D eigenvalue weighted by Gasteiger charge is 2.32. The molecule has 0 aromatic rings. The first-order valence-electron chi connectivity index (χ1n) is 6.57. The maximum atomic E-state index is 5.55. The number of fused-ring (bicyclic) bond motifs is 1. The molecule has 1 N–H and O–H groups in total. The Kier molecular flexibility index (Phi) is 4.04. The van der Waals surface area contributed by atoms with Crippen LogP contribution in [0.2, 0.25) is 0 Å². The lowest BCUT2D eigenvalue weighted by atomic mass is 9.75. The van der Waals surface area contributed by atoms with Crippen molar-refractivity contribution >= 4 is 0 Å². The Bertz CT molecular complexity index is 193. The average molecular weight is 211 g/mol. The van der Waals surface area contributed by atoms with Crippen molar-refractivity contribution in [3.8, 4) is 0 Å². The first-order valence-corrected chi connectivity index (χ1v) is 6.57. The fourth-order valence-electron chi connectivity index (χ4n) is 2.96.